The van der Waals surface area contributed by atoms with Crippen LogP contribution < -0.4 is 0 Å². The Morgan fingerprint density at radius 2 is 2.19 bits per heavy atom. The number of fused-ring (bicyclic) bond motifs is 1. The Morgan fingerprint density at radius 1 is 1.38 bits per heavy atom. The summed E-state index contributed by atoms with van der Waals surface area (Å²) < 4.78 is 11.0. The highest BCUT2D eigenvalue weighted by Gasteiger charge is 2.25. The van der Waals surface area contributed by atoms with E-state index in [4.69, 9.17) is 9.15 Å². The molecule has 21 heavy (non-hydrogen) atoms. The van der Waals surface area contributed by atoms with Crippen molar-refractivity contribution < 1.29 is 13.9 Å². The molecule has 0 saturated carbocycles. The van der Waals surface area contributed by atoms with Crippen molar-refractivity contribution >= 4 is 5.91 Å². The second kappa shape index (κ2) is 6.10. The normalized spacial score (nSPS) is 14.0. The first-order valence-corrected chi connectivity index (χ1v) is 7.17. The van der Waals surface area contributed by atoms with Crippen molar-refractivity contribution in [1.82, 2.24) is 9.88 Å². The molecule has 5 heteroatoms. The van der Waals surface area contributed by atoms with E-state index in [2.05, 4.69) is 4.98 Å². The molecule has 1 amide bonds. The minimum Gasteiger partial charge on any atom is -0.441 e. The van der Waals surface area contributed by atoms with Crippen molar-refractivity contribution in [2.45, 2.75) is 19.9 Å². The molecule has 110 valence electrons. The highest BCUT2D eigenvalue weighted by molar-refractivity contribution is 5.77. The Kier molecular flexibility index (Phi) is 4.01. The lowest BCUT2D eigenvalue weighted by molar-refractivity contribution is -0.137. The molecule has 0 aliphatic carbocycles. The molecule has 1 aliphatic rings. The zero-order valence-electron chi connectivity index (χ0n) is 12.0. The summed E-state index contributed by atoms with van der Waals surface area (Å²) in [6.45, 7) is 3.72. The number of carbonyl (C=O) groups excluding carboxylic acids is 1. The monoisotopic (exact) mass is 286 g/mol. The van der Waals surface area contributed by atoms with Crippen LogP contribution in [0.15, 0.2) is 34.7 Å². The van der Waals surface area contributed by atoms with Crippen LogP contribution in [0.5, 0.6) is 0 Å². The third kappa shape index (κ3) is 2.97. The molecule has 0 spiro atoms. The van der Waals surface area contributed by atoms with Crippen LogP contribution >= 0.6 is 0 Å². The molecule has 0 saturated heterocycles. The predicted octanol–water partition coefficient (Wildman–Crippen LogP) is 2.26. The fourth-order valence-corrected chi connectivity index (χ4v) is 2.40. The number of ether oxygens (including phenoxy) is 1. The predicted molar refractivity (Wildman–Crippen MR) is 77.6 cm³/mol. The molecule has 1 aliphatic heterocycles. The van der Waals surface area contributed by atoms with Gasteiger partial charge in [-0.25, -0.2) is 4.98 Å². The summed E-state index contributed by atoms with van der Waals surface area (Å²) in [6.07, 6.45) is 0.701. The maximum Gasteiger partial charge on any atom is 0.248 e. The molecule has 0 atom stereocenters. The van der Waals surface area contributed by atoms with Crippen molar-refractivity contribution in [3.63, 3.8) is 0 Å². The van der Waals surface area contributed by atoms with E-state index in [-0.39, 0.29) is 12.5 Å². The van der Waals surface area contributed by atoms with E-state index in [1.807, 2.05) is 37.3 Å². The van der Waals surface area contributed by atoms with Crippen LogP contribution in [0.4, 0.5) is 0 Å². The fourth-order valence-electron chi connectivity index (χ4n) is 2.40. The van der Waals surface area contributed by atoms with Crippen LogP contribution in [0.3, 0.4) is 0 Å². The first kappa shape index (κ1) is 13.8. The number of aromatic nitrogens is 1. The van der Waals surface area contributed by atoms with Crippen LogP contribution in [0.25, 0.3) is 11.5 Å². The van der Waals surface area contributed by atoms with Gasteiger partial charge in [-0.05, 0) is 19.1 Å². The van der Waals surface area contributed by atoms with Crippen LogP contribution in [0.1, 0.15) is 18.4 Å². The SMILES string of the molecule is CCOCC(=O)N1CCc2oc(-c3ccccc3)nc2C1. The lowest BCUT2D eigenvalue weighted by Gasteiger charge is -2.25. The smallest absolute Gasteiger partial charge is 0.248 e. The molecule has 0 radical (unpaired) electrons. The number of carbonyl (C=O) groups is 1. The van der Waals surface area contributed by atoms with E-state index in [0.29, 0.717) is 32.0 Å². The first-order chi connectivity index (χ1) is 10.3. The van der Waals surface area contributed by atoms with Gasteiger partial charge in [0.05, 0.1) is 6.54 Å². The highest BCUT2D eigenvalue weighted by Crippen LogP contribution is 2.25. The number of amides is 1. The van der Waals surface area contributed by atoms with Gasteiger partial charge in [0, 0.05) is 25.1 Å². The Balaban J connectivity index is 1.75. The number of oxazole rings is 1. The van der Waals surface area contributed by atoms with Crippen molar-refractivity contribution in [1.29, 1.82) is 0 Å². The van der Waals surface area contributed by atoms with Gasteiger partial charge >= 0.3 is 0 Å². The number of rotatable bonds is 4. The van der Waals surface area contributed by atoms with Gasteiger partial charge in [0.1, 0.15) is 18.1 Å². The topological polar surface area (TPSA) is 55.6 Å². The molecule has 1 aromatic carbocycles. The summed E-state index contributed by atoms with van der Waals surface area (Å²) in [4.78, 5) is 18.3. The number of hydrogen-bond donors (Lipinski definition) is 0. The van der Waals surface area contributed by atoms with Gasteiger partial charge in [0.15, 0.2) is 0 Å². The minimum atomic E-state index is 0.00626. The second-order valence-electron chi connectivity index (χ2n) is 4.96. The van der Waals surface area contributed by atoms with E-state index >= 15 is 0 Å². The number of hydrogen-bond acceptors (Lipinski definition) is 4. The molecule has 0 N–H and O–H groups in total. The Bertz CT molecular complexity index is 622. The fraction of sp³-hybridized carbons (Fsp3) is 0.375. The molecule has 3 rings (SSSR count). The molecule has 0 fully saturated rings. The standard InChI is InChI=1S/C16H18N2O3/c1-2-20-11-15(19)18-9-8-14-13(10-18)17-16(21-14)12-6-4-3-5-7-12/h3-7H,2,8-11H2,1H3. The molecule has 0 bridgehead atoms. The zero-order chi connectivity index (χ0) is 14.7. The lowest BCUT2D eigenvalue weighted by Crippen LogP contribution is -2.38. The molecule has 1 aromatic heterocycles. The number of benzene rings is 1. The van der Waals surface area contributed by atoms with Gasteiger partial charge < -0.3 is 14.1 Å². The van der Waals surface area contributed by atoms with E-state index in [0.717, 1.165) is 17.0 Å². The van der Waals surface area contributed by atoms with Gasteiger partial charge in [0.2, 0.25) is 11.8 Å². The largest absolute Gasteiger partial charge is 0.441 e. The molecular weight excluding hydrogens is 268 g/mol. The Morgan fingerprint density at radius 3 is 2.95 bits per heavy atom. The van der Waals surface area contributed by atoms with Crippen molar-refractivity contribution in [2.24, 2.45) is 0 Å². The summed E-state index contributed by atoms with van der Waals surface area (Å²) in [7, 11) is 0. The number of nitrogens with zero attached hydrogens (tertiary/aromatic N) is 2. The van der Waals surface area contributed by atoms with Crippen LogP contribution in [-0.4, -0.2) is 35.5 Å². The summed E-state index contributed by atoms with van der Waals surface area (Å²) in [5.74, 6) is 1.51. The van der Waals surface area contributed by atoms with Gasteiger partial charge in [-0.1, -0.05) is 18.2 Å². The van der Waals surface area contributed by atoms with Crippen LogP contribution in [0, 0.1) is 0 Å². The summed E-state index contributed by atoms with van der Waals surface area (Å²) in [5, 5.41) is 0. The minimum absolute atomic E-state index is 0.00626. The van der Waals surface area contributed by atoms with Crippen molar-refractivity contribution in [3.8, 4) is 11.5 Å². The maximum atomic E-state index is 12.0. The maximum absolute atomic E-state index is 12.0. The van der Waals surface area contributed by atoms with E-state index in [9.17, 15) is 4.79 Å². The van der Waals surface area contributed by atoms with Crippen LogP contribution in [-0.2, 0) is 22.5 Å². The summed E-state index contributed by atoms with van der Waals surface area (Å²) in [5.41, 5.74) is 1.81. The van der Waals surface area contributed by atoms with Crippen LogP contribution in [0.2, 0.25) is 0 Å². The van der Waals surface area contributed by atoms with Gasteiger partial charge in [-0.15, -0.1) is 0 Å². The first-order valence-electron chi connectivity index (χ1n) is 7.17. The molecule has 5 nitrogen and oxygen atoms in total. The third-order valence-corrected chi connectivity index (χ3v) is 3.53. The van der Waals surface area contributed by atoms with Gasteiger partial charge in [-0.3, -0.25) is 4.79 Å². The average Bonchev–Trinajstić information content (AvgIpc) is 2.96. The van der Waals surface area contributed by atoms with Gasteiger partial charge in [0.25, 0.3) is 0 Å². The van der Waals surface area contributed by atoms with Crippen molar-refractivity contribution in [3.05, 3.63) is 41.8 Å². The summed E-state index contributed by atoms with van der Waals surface area (Å²) >= 11 is 0. The average molecular weight is 286 g/mol. The molecular formula is C16H18N2O3. The zero-order valence-corrected chi connectivity index (χ0v) is 12.0. The third-order valence-electron chi connectivity index (χ3n) is 3.53. The molecule has 0 unspecified atom stereocenters. The van der Waals surface area contributed by atoms with E-state index in [1.165, 1.54) is 0 Å². The molecule has 2 aromatic rings. The quantitative estimate of drug-likeness (QED) is 0.865. The second-order valence-corrected chi connectivity index (χ2v) is 4.96. The van der Waals surface area contributed by atoms with Crippen molar-refractivity contribution in [2.75, 3.05) is 19.8 Å². The Hall–Kier alpha value is -2.14. The van der Waals surface area contributed by atoms with E-state index < -0.39 is 0 Å². The van der Waals surface area contributed by atoms with Gasteiger partial charge in [-0.2, -0.15) is 0 Å². The lowest BCUT2D eigenvalue weighted by atomic mass is 10.1. The summed E-state index contributed by atoms with van der Waals surface area (Å²) in [6, 6.07) is 9.80. The highest BCUT2D eigenvalue weighted by atomic mass is 16.5. The van der Waals surface area contributed by atoms with E-state index in [1.54, 1.807) is 4.90 Å². The Labute approximate surface area is 123 Å². The molecule has 2 heterocycles.